The smallest absolute Gasteiger partial charge is 0.238 e. The summed E-state index contributed by atoms with van der Waals surface area (Å²) in [7, 11) is 0. The number of nitrogens with zero attached hydrogens (tertiary/aromatic N) is 2. The molecule has 2 saturated heterocycles. The second-order valence-corrected chi connectivity index (χ2v) is 6.27. The fraction of sp³-hybridized carbons (Fsp3) is 0.529. The van der Waals surface area contributed by atoms with Crippen LogP contribution in [-0.4, -0.2) is 41.4 Å². The van der Waals surface area contributed by atoms with E-state index in [1.807, 2.05) is 30.3 Å². The average molecular weight is 286 g/mol. The molecule has 2 aliphatic heterocycles. The minimum atomic E-state index is -0.289. The zero-order chi connectivity index (χ0) is 14.8. The van der Waals surface area contributed by atoms with Crippen molar-refractivity contribution in [3.8, 4) is 0 Å². The maximum Gasteiger partial charge on any atom is 0.238 e. The molecular formula is C17H22N2O2. The van der Waals surface area contributed by atoms with Gasteiger partial charge in [-0.05, 0) is 24.3 Å². The van der Waals surface area contributed by atoms with Crippen LogP contribution in [0.15, 0.2) is 30.3 Å². The Morgan fingerprint density at radius 2 is 1.76 bits per heavy atom. The van der Waals surface area contributed by atoms with Crippen LogP contribution in [0.5, 0.6) is 0 Å². The van der Waals surface area contributed by atoms with E-state index in [0.29, 0.717) is 13.1 Å². The van der Waals surface area contributed by atoms with Crippen molar-refractivity contribution in [1.29, 1.82) is 0 Å². The van der Waals surface area contributed by atoms with Crippen molar-refractivity contribution in [2.45, 2.75) is 32.1 Å². The summed E-state index contributed by atoms with van der Waals surface area (Å²) in [6, 6.07) is 9.63. The maximum atomic E-state index is 12.5. The molecule has 21 heavy (non-hydrogen) atoms. The Kier molecular flexibility index (Phi) is 4.06. The van der Waals surface area contributed by atoms with E-state index in [2.05, 4.69) is 11.8 Å². The fourth-order valence-electron chi connectivity index (χ4n) is 3.18. The number of hydrogen-bond acceptors (Lipinski definition) is 3. The number of rotatable bonds is 3. The number of piperidine rings is 1. The molecule has 2 aliphatic rings. The molecule has 0 bridgehead atoms. The van der Waals surface area contributed by atoms with Crippen LogP contribution >= 0.6 is 0 Å². The second-order valence-electron chi connectivity index (χ2n) is 6.27. The van der Waals surface area contributed by atoms with Crippen LogP contribution in [0.3, 0.4) is 0 Å². The summed E-state index contributed by atoms with van der Waals surface area (Å²) in [5.74, 6) is 0.392. The van der Waals surface area contributed by atoms with Crippen molar-refractivity contribution >= 4 is 11.8 Å². The van der Waals surface area contributed by atoms with Crippen LogP contribution in [0.2, 0.25) is 0 Å². The molecule has 1 atom stereocenters. The number of benzene rings is 1. The van der Waals surface area contributed by atoms with Gasteiger partial charge in [0.15, 0.2) is 0 Å². The van der Waals surface area contributed by atoms with Gasteiger partial charge < -0.3 is 0 Å². The Bertz CT molecular complexity index is 521. The van der Waals surface area contributed by atoms with E-state index in [9.17, 15) is 9.59 Å². The highest BCUT2D eigenvalue weighted by Gasteiger charge is 2.40. The highest BCUT2D eigenvalue weighted by molar-refractivity contribution is 6.06. The lowest BCUT2D eigenvalue weighted by Crippen LogP contribution is -2.44. The minimum Gasteiger partial charge on any atom is -0.286 e. The van der Waals surface area contributed by atoms with Gasteiger partial charge in [-0.15, -0.1) is 0 Å². The molecule has 0 aliphatic carbocycles. The summed E-state index contributed by atoms with van der Waals surface area (Å²) in [6.07, 6.45) is 2.61. The first-order valence-electron chi connectivity index (χ1n) is 7.76. The quantitative estimate of drug-likeness (QED) is 0.800. The van der Waals surface area contributed by atoms with E-state index in [0.717, 1.165) is 37.4 Å². The molecule has 2 amide bonds. The first-order chi connectivity index (χ1) is 10.1. The van der Waals surface area contributed by atoms with Gasteiger partial charge in [-0.25, -0.2) is 0 Å². The van der Waals surface area contributed by atoms with Gasteiger partial charge in [-0.3, -0.25) is 19.4 Å². The van der Waals surface area contributed by atoms with Crippen LogP contribution in [0, 0.1) is 5.92 Å². The van der Waals surface area contributed by atoms with E-state index in [1.165, 1.54) is 4.90 Å². The topological polar surface area (TPSA) is 40.6 Å². The van der Waals surface area contributed by atoms with Crippen molar-refractivity contribution < 1.29 is 9.59 Å². The Hall–Kier alpha value is -1.68. The summed E-state index contributed by atoms with van der Waals surface area (Å²) in [4.78, 5) is 28.4. The van der Waals surface area contributed by atoms with Crippen molar-refractivity contribution in [2.24, 2.45) is 5.92 Å². The van der Waals surface area contributed by atoms with Crippen LogP contribution in [-0.2, 0) is 9.59 Å². The molecule has 0 spiro atoms. The molecule has 2 heterocycles. The molecule has 2 fully saturated rings. The van der Waals surface area contributed by atoms with E-state index in [-0.39, 0.29) is 17.7 Å². The van der Waals surface area contributed by atoms with Gasteiger partial charge in [0.1, 0.15) is 0 Å². The summed E-state index contributed by atoms with van der Waals surface area (Å²) in [6.45, 7) is 4.69. The van der Waals surface area contributed by atoms with Gasteiger partial charge in [0, 0.05) is 19.5 Å². The van der Waals surface area contributed by atoms with Crippen LogP contribution in [0.4, 0.5) is 0 Å². The maximum absolute atomic E-state index is 12.5. The molecule has 0 radical (unpaired) electrons. The molecule has 1 aromatic rings. The summed E-state index contributed by atoms with van der Waals surface area (Å²) >= 11 is 0. The predicted octanol–water partition coefficient (Wildman–Crippen LogP) is 2.22. The minimum absolute atomic E-state index is 0.0347. The first-order valence-corrected chi connectivity index (χ1v) is 7.76. The molecule has 3 rings (SSSR count). The van der Waals surface area contributed by atoms with Gasteiger partial charge in [-0.1, -0.05) is 37.3 Å². The molecule has 4 nitrogen and oxygen atoms in total. The Labute approximate surface area is 125 Å². The molecule has 4 heteroatoms. The predicted molar refractivity (Wildman–Crippen MR) is 80.5 cm³/mol. The number of imide groups is 1. The van der Waals surface area contributed by atoms with Crippen molar-refractivity contribution in [2.75, 3.05) is 19.8 Å². The third-order valence-corrected chi connectivity index (χ3v) is 4.66. The third-order valence-electron chi connectivity index (χ3n) is 4.66. The molecule has 0 saturated carbocycles. The zero-order valence-corrected chi connectivity index (χ0v) is 12.5. The van der Waals surface area contributed by atoms with Crippen molar-refractivity contribution in [3.05, 3.63) is 35.9 Å². The van der Waals surface area contributed by atoms with Gasteiger partial charge in [-0.2, -0.15) is 0 Å². The lowest BCUT2D eigenvalue weighted by molar-refractivity contribution is -0.141. The number of hydrogen-bond donors (Lipinski definition) is 0. The molecule has 112 valence electrons. The largest absolute Gasteiger partial charge is 0.286 e. The van der Waals surface area contributed by atoms with E-state index in [4.69, 9.17) is 0 Å². The fourth-order valence-corrected chi connectivity index (χ4v) is 3.18. The number of carbonyl (C=O) groups is 2. The first kappa shape index (κ1) is 14.3. The lowest BCUT2D eigenvalue weighted by Gasteiger charge is -2.32. The van der Waals surface area contributed by atoms with Crippen molar-refractivity contribution in [3.63, 3.8) is 0 Å². The van der Waals surface area contributed by atoms with Gasteiger partial charge in [0.05, 0.1) is 12.6 Å². The molecule has 0 unspecified atom stereocenters. The number of carbonyl (C=O) groups excluding carboxylic acids is 2. The van der Waals surface area contributed by atoms with E-state index in [1.54, 1.807) is 0 Å². The standard InChI is InChI=1S/C17H22N2O2/c1-13-7-9-18(10-8-13)12-19-16(20)11-15(17(19)21)14-5-3-2-4-6-14/h2-6,13,15H,7-12H2,1H3/t15-/m1/s1. The highest BCUT2D eigenvalue weighted by Crippen LogP contribution is 2.30. The Morgan fingerprint density at radius 1 is 1.10 bits per heavy atom. The highest BCUT2D eigenvalue weighted by atomic mass is 16.2. The average Bonchev–Trinajstić information content (AvgIpc) is 2.78. The molecule has 0 N–H and O–H groups in total. The van der Waals surface area contributed by atoms with E-state index >= 15 is 0 Å². The normalized spacial score (nSPS) is 24.8. The van der Waals surface area contributed by atoms with E-state index < -0.39 is 0 Å². The molecule has 1 aromatic carbocycles. The molecular weight excluding hydrogens is 264 g/mol. The summed E-state index contributed by atoms with van der Waals surface area (Å²) < 4.78 is 0. The lowest BCUT2D eigenvalue weighted by atomic mass is 9.98. The van der Waals surface area contributed by atoms with Crippen LogP contribution < -0.4 is 0 Å². The Morgan fingerprint density at radius 3 is 2.43 bits per heavy atom. The Balaban J connectivity index is 1.67. The van der Waals surface area contributed by atoms with Gasteiger partial charge in [0.2, 0.25) is 11.8 Å². The van der Waals surface area contributed by atoms with Crippen molar-refractivity contribution in [1.82, 2.24) is 9.80 Å². The second kappa shape index (κ2) is 5.98. The number of likely N-dealkylation sites (tertiary alicyclic amines) is 2. The van der Waals surface area contributed by atoms with Crippen LogP contribution in [0.25, 0.3) is 0 Å². The number of amides is 2. The van der Waals surface area contributed by atoms with Crippen LogP contribution in [0.1, 0.15) is 37.7 Å². The zero-order valence-electron chi connectivity index (χ0n) is 12.5. The monoisotopic (exact) mass is 286 g/mol. The summed E-state index contributed by atoms with van der Waals surface area (Å²) in [5.41, 5.74) is 0.950. The van der Waals surface area contributed by atoms with Gasteiger partial charge >= 0.3 is 0 Å². The summed E-state index contributed by atoms with van der Waals surface area (Å²) in [5, 5.41) is 0. The third kappa shape index (κ3) is 3.00. The SMILES string of the molecule is CC1CCN(CN2C(=O)C[C@H](c3ccccc3)C2=O)CC1. The molecule has 0 aromatic heterocycles. The van der Waals surface area contributed by atoms with Gasteiger partial charge in [0.25, 0.3) is 0 Å².